The van der Waals surface area contributed by atoms with Crippen molar-refractivity contribution in [1.82, 2.24) is 0 Å². The highest BCUT2D eigenvalue weighted by atomic mass is 35.5. The van der Waals surface area contributed by atoms with Crippen LogP contribution < -0.4 is 9.62 Å². The van der Waals surface area contributed by atoms with E-state index in [4.69, 9.17) is 21.1 Å². The second-order valence-electron chi connectivity index (χ2n) is 7.59. The molecule has 9 nitrogen and oxygen atoms in total. The van der Waals surface area contributed by atoms with Crippen LogP contribution in [0.4, 0.5) is 11.4 Å². The lowest BCUT2D eigenvalue weighted by Gasteiger charge is -2.25. The van der Waals surface area contributed by atoms with Gasteiger partial charge in [-0.3, -0.25) is 9.10 Å². The second-order valence-corrected chi connectivity index (χ2v) is 9.88. The van der Waals surface area contributed by atoms with Crippen molar-refractivity contribution in [3.05, 3.63) is 88.4 Å². The first-order valence-electron chi connectivity index (χ1n) is 10.5. The van der Waals surface area contributed by atoms with Crippen molar-refractivity contribution < 1.29 is 32.3 Å². The molecule has 0 spiro atoms. The molecule has 3 rings (SSSR count). The molecule has 11 heteroatoms. The first-order valence-corrected chi connectivity index (χ1v) is 12.3. The highest BCUT2D eigenvalue weighted by molar-refractivity contribution is 7.92. The number of esters is 2. The standard InChI is InChI=1S/C25H23ClN2O7S/c1-16-11-19(26)9-10-22(16)28(36(32,33)21-7-5-4-6-8-21)15-23(29)27-20-13-17(24(30)34-2)12-18(14-20)25(31)35-3/h4-14H,15H2,1-3H3,(H,27,29). The Kier molecular flexibility index (Phi) is 8.33. The number of methoxy groups -OCH3 is 2. The highest BCUT2D eigenvalue weighted by Crippen LogP contribution is 2.29. The lowest BCUT2D eigenvalue weighted by atomic mass is 10.1. The van der Waals surface area contributed by atoms with Gasteiger partial charge in [0, 0.05) is 10.7 Å². The second kappa shape index (κ2) is 11.2. The fourth-order valence-corrected chi connectivity index (χ4v) is 5.15. The molecule has 0 aliphatic heterocycles. The predicted octanol–water partition coefficient (Wildman–Crippen LogP) is 4.06. The van der Waals surface area contributed by atoms with Crippen LogP contribution in [0.25, 0.3) is 0 Å². The van der Waals surface area contributed by atoms with Crippen molar-refractivity contribution in [1.29, 1.82) is 0 Å². The number of halogens is 1. The molecule has 0 aromatic heterocycles. The number of amides is 1. The van der Waals surface area contributed by atoms with E-state index in [-0.39, 0.29) is 27.4 Å². The fraction of sp³-hybridized carbons (Fsp3) is 0.160. The van der Waals surface area contributed by atoms with Gasteiger partial charge in [-0.15, -0.1) is 0 Å². The minimum Gasteiger partial charge on any atom is -0.465 e. The molecule has 0 saturated carbocycles. The number of sulfonamides is 1. The quantitative estimate of drug-likeness (QED) is 0.436. The molecule has 0 bridgehead atoms. The average Bonchev–Trinajstić information content (AvgIpc) is 2.86. The van der Waals surface area contributed by atoms with Gasteiger partial charge in [-0.05, 0) is 61.0 Å². The molecular formula is C25H23ClN2O7S. The summed E-state index contributed by atoms with van der Waals surface area (Å²) >= 11 is 6.05. The lowest BCUT2D eigenvalue weighted by Crippen LogP contribution is -2.38. The number of nitrogens with zero attached hydrogens (tertiary/aromatic N) is 1. The van der Waals surface area contributed by atoms with Crippen LogP contribution in [-0.2, 0) is 24.3 Å². The number of benzene rings is 3. The van der Waals surface area contributed by atoms with Gasteiger partial charge in [0.15, 0.2) is 0 Å². The van der Waals surface area contributed by atoms with E-state index in [2.05, 4.69) is 5.32 Å². The largest absolute Gasteiger partial charge is 0.465 e. The van der Waals surface area contributed by atoms with Crippen molar-refractivity contribution in [2.24, 2.45) is 0 Å². The van der Waals surface area contributed by atoms with E-state index in [1.807, 2.05) is 0 Å². The summed E-state index contributed by atoms with van der Waals surface area (Å²) < 4.78 is 37.4. The topological polar surface area (TPSA) is 119 Å². The third kappa shape index (κ3) is 6.02. The molecule has 1 N–H and O–H groups in total. The molecule has 0 aliphatic carbocycles. The molecule has 0 aliphatic rings. The van der Waals surface area contributed by atoms with Crippen molar-refractivity contribution in [3.8, 4) is 0 Å². The zero-order chi connectivity index (χ0) is 26.5. The predicted molar refractivity (Wildman–Crippen MR) is 135 cm³/mol. The summed E-state index contributed by atoms with van der Waals surface area (Å²) in [4.78, 5) is 37.2. The Morgan fingerprint density at radius 3 is 2.00 bits per heavy atom. The summed E-state index contributed by atoms with van der Waals surface area (Å²) in [5.41, 5.74) is 0.872. The zero-order valence-corrected chi connectivity index (χ0v) is 21.2. The lowest BCUT2D eigenvalue weighted by molar-refractivity contribution is -0.114. The van der Waals surface area contributed by atoms with Crippen LogP contribution in [0.2, 0.25) is 5.02 Å². The number of carbonyl (C=O) groups is 3. The van der Waals surface area contributed by atoms with E-state index in [0.717, 1.165) is 4.31 Å². The number of hydrogen-bond acceptors (Lipinski definition) is 7. The Hall–Kier alpha value is -3.89. The van der Waals surface area contributed by atoms with Gasteiger partial charge in [0.05, 0.1) is 35.9 Å². The molecular weight excluding hydrogens is 508 g/mol. The van der Waals surface area contributed by atoms with Gasteiger partial charge in [-0.1, -0.05) is 29.8 Å². The van der Waals surface area contributed by atoms with Gasteiger partial charge in [0.25, 0.3) is 10.0 Å². The van der Waals surface area contributed by atoms with Gasteiger partial charge in [-0.2, -0.15) is 0 Å². The molecule has 36 heavy (non-hydrogen) atoms. The molecule has 0 radical (unpaired) electrons. The SMILES string of the molecule is COC(=O)c1cc(NC(=O)CN(c2ccc(Cl)cc2C)S(=O)(=O)c2ccccc2)cc(C(=O)OC)c1. The maximum absolute atomic E-state index is 13.5. The molecule has 0 heterocycles. The number of nitrogens with one attached hydrogen (secondary N) is 1. The smallest absolute Gasteiger partial charge is 0.337 e. The fourth-order valence-electron chi connectivity index (χ4n) is 3.42. The summed E-state index contributed by atoms with van der Waals surface area (Å²) in [7, 11) is -1.80. The normalized spacial score (nSPS) is 10.9. The molecule has 0 fully saturated rings. The van der Waals surface area contributed by atoms with E-state index in [0.29, 0.717) is 10.6 Å². The van der Waals surface area contributed by atoms with Crippen molar-refractivity contribution >= 4 is 50.8 Å². The highest BCUT2D eigenvalue weighted by Gasteiger charge is 2.28. The Labute approximate surface area is 213 Å². The van der Waals surface area contributed by atoms with Gasteiger partial charge in [0.2, 0.25) is 5.91 Å². The maximum Gasteiger partial charge on any atom is 0.337 e. The molecule has 0 unspecified atom stereocenters. The van der Waals surface area contributed by atoms with Crippen molar-refractivity contribution in [2.75, 3.05) is 30.4 Å². The number of aryl methyl sites for hydroxylation is 1. The van der Waals surface area contributed by atoms with Crippen LogP contribution in [-0.4, -0.2) is 47.0 Å². The summed E-state index contributed by atoms with van der Waals surface area (Å²) in [5, 5.41) is 2.96. The number of carbonyl (C=O) groups excluding carboxylic acids is 3. The van der Waals surface area contributed by atoms with E-state index in [1.54, 1.807) is 31.2 Å². The number of hydrogen-bond donors (Lipinski definition) is 1. The van der Waals surface area contributed by atoms with Crippen LogP contribution >= 0.6 is 11.6 Å². The summed E-state index contributed by atoms with van der Waals surface area (Å²) in [6, 6.07) is 16.2. The molecule has 0 atom stereocenters. The molecule has 3 aromatic carbocycles. The van der Waals surface area contributed by atoms with Crippen LogP contribution in [0.5, 0.6) is 0 Å². The Balaban J connectivity index is 2.00. The third-order valence-corrected chi connectivity index (χ3v) is 7.11. The van der Waals surface area contributed by atoms with E-state index in [9.17, 15) is 22.8 Å². The molecule has 3 aromatic rings. The average molecular weight is 531 g/mol. The van der Waals surface area contributed by atoms with Crippen molar-refractivity contribution in [3.63, 3.8) is 0 Å². The monoisotopic (exact) mass is 530 g/mol. The first kappa shape index (κ1) is 26.7. The van der Waals surface area contributed by atoms with Crippen LogP contribution in [0, 0.1) is 6.92 Å². The van der Waals surface area contributed by atoms with Gasteiger partial charge >= 0.3 is 11.9 Å². The Bertz CT molecular complexity index is 1370. The first-order chi connectivity index (χ1) is 17.1. The van der Waals surface area contributed by atoms with Gasteiger partial charge in [-0.25, -0.2) is 18.0 Å². The summed E-state index contributed by atoms with van der Waals surface area (Å²) in [5.74, 6) is -2.19. The van der Waals surface area contributed by atoms with E-state index >= 15 is 0 Å². The van der Waals surface area contributed by atoms with Crippen LogP contribution in [0.1, 0.15) is 26.3 Å². The number of anilines is 2. The third-order valence-electron chi connectivity index (χ3n) is 5.10. The number of ether oxygens (including phenoxy) is 2. The van der Waals surface area contributed by atoms with Gasteiger partial charge in [0.1, 0.15) is 6.54 Å². The van der Waals surface area contributed by atoms with E-state index in [1.165, 1.54) is 56.7 Å². The van der Waals surface area contributed by atoms with E-state index < -0.39 is 34.4 Å². The van der Waals surface area contributed by atoms with Crippen molar-refractivity contribution in [2.45, 2.75) is 11.8 Å². The van der Waals surface area contributed by atoms with Gasteiger partial charge < -0.3 is 14.8 Å². The zero-order valence-electron chi connectivity index (χ0n) is 19.6. The molecule has 0 saturated heterocycles. The molecule has 188 valence electrons. The van der Waals surface area contributed by atoms with Crippen LogP contribution in [0.15, 0.2) is 71.6 Å². The van der Waals surface area contributed by atoms with Crippen LogP contribution in [0.3, 0.4) is 0 Å². The number of rotatable bonds is 8. The summed E-state index contributed by atoms with van der Waals surface area (Å²) in [6.45, 7) is 1.07. The minimum atomic E-state index is -4.15. The minimum absolute atomic E-state index is 0.00184. The maximum atomic E-state index is 13.5. The summed E-state index contributed by atoms with van der Waals surface area (Å²) in [6.07, 6.45) is 0. The molecule has 1 amide bonds. The Morgan fingerprint density at radius 2 is 1.47 bits per heavy atom. The Morgan fingerprint density at radius 1 is 0.889 bits per heavy atom.